The van der Waals surface area contributed by atoms with E-state index in [1.807, 2.05) is 33.7 Å². The summed E-state index contributed by atoms with van der Waals surface area (Å²) in [5.74, 6) is 0.668. The molecule has 3 aromatic heterocycles. The molecule has 1 saturated heterocycles. The Morgan fingerprint density at radius 2 is 1.89 bits per heavy atom. The van der Waals surface area contributed by atoms with E-state index in [4.69, 9.17) is 0 Å². The number of aromatic amines is 1. The van der Waals surface area contributed by atoms with Crippen molar-refractivity contribution in [3.8, 4) is 11.5 Å². The van der Waals surface area contributed by atoms with Crippen LogP contribution >= 0.6 is 0 Å². The van der Waals surface area contributed by atoms with Crippen LogP contribution in [0.2, 0.25) is 0 Å². The molecular weight excluding hydrogens is 352 g/mol. The molecule has 0 spiro atoms. The predicted molar refractivity (Wildman–Crippen MR) is 107 cm³/mol. The molecule has 0 unspecified atom stereocenters. The third-order valence-electron chi connectivity index (χ3n) is 6.15. The summed E-state index contributed by atoms with van der Waals surface area (Å²) in [4.78, 5) is 30.0. The van der Waals surface area contributed by atoms with Gasteiger partial charge in [0.15, 0.2) is 11.5 Å². The van der Waals surface area contributed by atoms with E-state index < -0.39 is 0 Å². The number of amides is 1. The van der Waals surface area contributed by atoms with Crippen molar-refractivity contribution in [3.05, 3.63) is 42.5 Å². The molecule has 7 heteroatoms. The molecule has 1 N–H and O–H groups in total. The highest BCUT2D eigenvalue weighted by molar-refractivity contribution is 5.98. The van der Waals surface area contributed by atoms with Gasteiger partial charge in [-0.15, -0.1) is 0 Å². The number of carbonyl (C=O) groups is 1. The maximum absolute atomic E-state index is 13.4. The first-order valence-corrected chi connectivity index (χ1v) is 10.3. The minimum Gasteiger partial charge on any atom is -0.343 e. The summed E-state index contributed by atoms with van der Waals surface area (Å²) >= 11 is 0. The van der Waals surface area contributed by atoms with E-state index >= 15 is 0 Å². The second kappa shape index (κ2) is 7.39. The first-order valence-electron chi connectivity index (χ1n) is 10.3. The lowest BCUT2D eigenvalue weighted by molar-refractivity contribution is 0.0519. The van der Waals surface area contributed by atoms with Crippen LogP contribution in [-0.4, -0.2) is 67.3 Å². The summed E-state index contributed by atoms with van der Waals surface area (Å²) in [5, 5.41) is 0. The van der Waals surface area contributed by atoms with Gasteiger partial charge in [0.2, 0.25) is 0 Å². The Bertz CT molecular complexity index is 949. The third kappa shape index (κ3) is 3.09. The second-order valence-corrected chi connectivity index (χ2v) is 7.80. The zero-order valence-electron chi connectivity index (χ0n) is 16.0. The van der Waals surface area contributed by atoms with Crippen LogP contribution in [0.3, 0.4) is 0 Å². The topological polar surface area (TPSA) is 69.5 Å². The molecule has 1 aliphatic carbocycles. The number of pyridine rings is 1. The van der Waals surface area contributed by atoms with Crippen LogP contribution in [0.4, 0.5) is 0 Å². The number of carbonyl (C=O) groups excluding carboxylic acids is 1. The number of nitrogens with zero attached hydrogens (tertiary/aromatic N) is 5. The molecule has 2 aliphatic rings. The number of hydrogen-bond acceptors (Lipinski definition) is 4. The molecule has 1 aliphatic heterocycles. The molecule has 0 bridgehead atoms. The zero-order valence-corrected chi connectivity index (χ0v) is 16.0. The molecule has 4 heterocycles. The van der Waals surface area contributed by atoms with Gasteiger partial charge in [-0.25, -0.2) is 9.97 Å². The van der Waals surface area contributed by atoms with Crippen LogP contribution in [0.15, 0.2) is 36.8 Å². The average molecular weight is 378 g/mol. The minimum atomic E-state index is -0.00149. The fraction of sp³-hybridized carbons (Fsp3) is 0.476. The maximum Gasteiger partial charge on any atom is 0.274 e. The summed E-state index contributed by atoms with van der Waals surface area (Å²) in [5.41, 5.74) is 1.98. The van der Waals surface area contributed by atoms with Gasteiger partial charge in [0, 0.05) is 50.8 Å². The molecule has 1 amide bonds. The van der Waals surface area contributed by atoms with Gasteiger partial charge in [-0.1, -0.05) is 25.3 Å². The third-order valence-corrected chi connectivity index (χ3v) is 6.15. The largest absolute Gasteiger partial charge is 0.343 e. The Balaban J connectivity index is 1.39. The summed E-state index contributed by atoms with van der Waals surface area (Å²) < 4.78 is 1.93. The van der Waals surface area contributed by atoms with E-state index in [2.05, 4.69) is 19.9 Å². The number of H-pyrrole nitrogens is 1. The van der Waals surface area contributed by atoms with E-state index in [9.17, 15) is 4.79 Å². The van der Waals surface area contributed by atoms with Crippen LogP contribution in [-0.2, 0) is 0 Å². The number of aromatic nitrogens is 4. The van der Waals surface area contributed by atoms with Crippen LogP contribution in [0, 0.1) is 0 Å². The lowest BCUT2D eigenvalue weighted by atomic mass is 9.94. The fourth-order valence-corrected chi connectivity index (χ4v) is 4.65. The molecule has 146 valence electrons. The summed E-state index contributed by atoms with van der Waals surface area (Å²) in [6, 6.07) is 6.51. The number of fused-ring (bicyclic) bond motifs is 1. The van der Waals surface area contributed by atoms with Gasteiger partial charge in [-0.05, 0) is 25.0 Å². The van der Waals surface area contributed by atoms with Gasteiger partial charge < -0.3 is 9.88 Å². The van der Waals surface area contributed by atoms with Crippen molar-refractivity contribution < 1.29 is 4.79 Å². The second-order valence-electron chi connectivity index (χ2n) is 7.80. The Morgan fingerprint density at radius 1 is 1.07 bits per heavy atom. The Morgan fingerprint density at radius 3 is 2.64 bits per heavy atom. The average Bonchev–Trinajstić information content (AvgIpc) is 3.41. The standard InChI is InChI=1S/C21H26N6O/c28-21(26-14-12-25(13-15-26)16-6-2-1-3-7-16)18-19(20-22-9-10-23-20)27-11-5-4-8-17(27)24-18/h4-5,8-11,16H,1-3,6-7,12-15H2,(H,22,23). The van der Waals surface area contributed by atoms with Gasteiger partial charge >= 0.3 is 0 Å². The van der Waals surface area contributed by atoms with Gasteiger partial charge in [0.05, 0.1) is 0 Å². The van der Waals surface area contributed by atoms with Gasteiger partial charge in [0.1, 0.15) is 11.3 Å². The van der Waals surface area contributed by atoms with Crippen molar-refractivity contribution in [2.24, 2.45) is 0 Å². The van der Waals surface area contributed by atoms with E-state index in [0.29, 0.717) is 17.6 Å². The van der Waals surface area contributed by atoms with Crippen LogP contribution in [0.5, 0.6) is 0 Å². The highest BCUT2D eigenvalue weighted by atomic mass is 16.2. The first kappa shape index (κ1) is 17.4. The van der Waals surface area contributed by atoms with Gasteiger partial charge in [-0.3, -0.25) is 14.1 Å². The Hall–Kier alpha value is -2.67. The smallest absolute Gasteiger partial charge is 0.274 e. The zero-order chi connectivity index (χ0) is 18.9. The first-order chi connectivity index (χ1) is 13.8. The van der Waals surface area contributed by atoms with Crippen molar-refractivity contribution >= 4 is 11.6 Å². The molecule has 5 rings (SSSR count). The maximum atomic E-state index is 13.4. The van der Waals surface area contributed by atoms with Crippen LogP contribution < -0.4 is 0 Å². The summed E-state index contributed by atoms with van der Waals surface area (Å²) in [6.45, 7) is 3.45. The lowest BCUT2D eigenvalue weighted by Crippen LogP contribution is -2.52. The number of rotatable bonds is 3. The molecule has 1 saturated carbocycles. The van der Waals surface area contributed by atoms with Crippen molar-refractivity contribution in [1.29, 1.82) is 0 Å². The Kier molecular flexibility index (Phi) is 4.60. The van der Waals surface area contributed by atoms with Crippen LogP contribution in [0.25, 0.3) is 17.2 Å². The minimum absolute atomic E-state index is 0.00149. The number of piperazine rings is 1. The molecular formula is C21H26N6O. The lowest BCUT2D eigenvalue weighted by Gasteiger charge is -2.40. The van der Waals surface area contributed by atoms with Crippen molar-refractivity contribution in [3.63, 3.8) is 0 Å². The van der Waals surface area contributed by atoms with Crippen molar-refractivity contribution in [2.45, 2.75) is 38.1 Å². The molecule has 28 heavy (non-hydrogen) atoms. The van der Waals surface area contributed by atoms with Crippen molar-refractivity contribution in [2.75, 3.05) is 26.2 Å². The Labute approximate surface area is 164 Å². The van der Waals surface area contributed by atoms with Crippen molar-refractivity contribution in [1.82, 2.24) is 29.2 Å². The molecule has 3 aromatic rings. The van der Waals surface area contributed by atoms with Gasteiger partial charge in [0.25, 0.3) is 5.91 Å². The molecule has 0 aromatic carbocycles. The predicted octanol–water partition coefficient (Wildman–Crippen LogP) is 2.81. The number of hydrogen-bond donors (Lipinski definition) is 1. The monoisotopic (exact) mass is 378 g/mol. The number of imidazole rings is 2. The summed E-state index contributed by atoms with van der Waals surface area (Å²) in [7, 11) is 0. The molecule has 7 nitrogen and oxygen atoms in total. The highest BCUT2D eigenvalue weighted by Crippen LogP contribution is 2.26. The van der Waals surface area contributed by atoms with E-state index in [-0.39, 0.29) is 5.91 Å². The van der Waals surface area contributed by atoms with E-state index in [0.717, 1.165) is 37.5 Å². The summed E-state index contributed by atoms with van der Waals surface area (Å²) in [6.07, 6.45) is 12.1. The van der Waals surface area contributed by atoms with E-state index in [1.165, 1.54) is 32.1 Å². The molecule has 2 fully saturated rings. The molecule has 0 radical (unpaired) electrons. The van der Waals surface area contributed by atoms with E-state index in [1.54, 1.807) is 12.4 Å². The SMILES string of the molecule is O=C(c1nc2ccccn2c1-c1ncc[nH]1)N1CCN(C2CCCCC2)CC1. The normalized spacial score (nSPS) is 19.4. The quantitative estimate of drug-likeness (QED) is 0.761. The fourth-order valence-electron chi connectivity index (χ4n) is 4.65. The molecule has 0 atom stereocenters. The van der Waals surface area contributed by atoms with Gasteiger partial charge in [-0.2, -0.15) is 0 Å². The number of nitrogens with one attached hydrogen (secondary N) is 1. The highest BCUT2D eigenvalue weighted by Gasteiger charge is 2.30. The van der Waals surface area contributed by atoms with Crippen LogP contribution in [0.1, 0.15) is 42.6 Å².